The van der Waals surface area contributed by atoms with E-state index in [4.69, 9.17) is 0 Å². The Morgan fingerprint density at radius 1 is 1.06 bits per heavy atom. The third kappa shape index (κ3) is 1.32. The van der Waals surface area contributed by atoms with Gasteiger partial charge in [0.15, 0.2) is 11.5 Å². The van der Waals surface area contributed by atoms with Gasteiger partial charge in [-0.05, 0) is 24.1 Å². The van der Waals surface area contributed by atoms with Crippen LogP contribution in [0.15, 0.2) is 42.5 Å². The minimum Gasteiger partial charge on any atom is -0.0677 e. The second-order valence-corrected chi connectivity index (χ2v) is 5.72. The van der Waals surface area contributed by atoms with Crippen LogP contribution in [0.5, 0.6) is 0 Å². The highest BCUT2D eigenvalue weighted by Gasteiger charge is 2.32. The summed E-state index contributed by atoms with van der Waals surface area (Å²) in [4.78, 5) is 0. The van der Waals surface area contributed by atoms with Crippen molar-refractivity contribution in [2.45, 2.75) is 13.1 Å². The summed E-state index contributed by atoms with van der Waals surface area (Å²) in [5.41, 5.74) is 4.87. The van der Waals surface area contributed by atoms with E-state index in [2.05, 4.69) is 25.1 Å². The fraction of sp³-hybridized carbons (Fsp3) is 0.143. The van der Waals surface area contributed by atoms with E-state index >= 15 is 0 Å². The first-order valence-corrected chi connectivity index (χ1v) is 6.84. The lowest BCUT2D eigenvalue weighted by molar-refractivity contribution is 0.592. The second kappa shape index (κ2) is 3.54. The van der Waals surface area contributed by atoms with E-state index in [-0.39, 0.29) is 0 Å². The molecule has 16 heavy (non-hydrogen) atoms. The van der Waals surface area contributed by atoms with Gasteiger partial charge in [0.25, 0.3) is 0 Å². The molecule has 1 nitrogen and oxygen atoms in total. The number of fused-ring (bicyclic) bond motifs is 3. The SMILES string of the molecule is Cc1cccc2c1-c1ccccc1C[P+]2=O. The Morgan fingerprint density at radius 2 is 1.88 bits per heavy atom. The van der Waals surface area contributed by atoms with Crippen LogP contribution in [0, 0.1) is 6.92 Å². The summed E-state index contributed by atoms with van der Waals surface area (Å²) >= 11 is 0. The van der Waals surface area contributed by atoms with Gasteiger partial charge in [-0.15, -0.1) is 0 Å². The summed E-state index contributed by atoms with van der Waals surface area (Å²) in [6.07, 6.45) is 0.682. The molecule has 0 bridgehead atoms. The lowest BCUT2D eigenvalue weighted by Crippen LogP contribution is -2.10. The van der Waals surface area contributed by atoms with Crippen molar-refractivity contribution in [1.82, 2.24) is 0 Å². The van der Waals surface area contributed by atoms with E-state index in [1.54, 1.807) is 0 Å². The number of aryl methyl sites for hydroxylation is 1. The maximum atomic E-state index is 12.1. The highest BCUT2D eigenvalue weighted by molar-refractivity contribution is 7.53. The van der Waals surface area contributed by atoms with Crippen molar-refractivity contribution in [3.05, 3.63) is 53.6 Å². The molecule has 0 aromatic heterocycles. The summed E-state index contributed by atoms with van der Waals surface area (Å²) in [5, 5.41) is 1.02. The van der Waals surface area contributed by atoms with Crippen LogP contribution in [-0.4, -0.2) is 0 Å². The van der Waals surface area contributed by atoms with Gasteiger partial charge < -0.3 is 0 Å². The highest BCUT2D eigenvalue weighted by atomic mass is 31.1. The van der Waals surface area contributed by atoms with E-state index in [1.165, 1.54) is 22.3 Å². The Bertz CT molecular complexity index is 587. The van der Waals surface area contributed by atoms with Crippen molar-refractivity contribution >= 4 is 13.1 Å². The lowest BCUT2D eigenvalue weighted by Gasteiger charge is -2.14. The van der Waals surface area contributed by atoms with Crippen LogP contribution >= 0.6 is 7.80 Å². The molecule has 0 N–H and O–H groups in total. The van der Waals surface area contributed by atoms with Crippen LogP contribution in [-0.2, 0) is 10.7 Å². The third-order valence-corrected chi connectivity index (χ3v) is 4.66. The van der Waals surface area contributed by atoms with Gasteiger partial charge in [0, 0.05) is 11.1 Å². The van der Waals surface area contributed by atoms with Crippen LogP contribution in [0.3, 0.4) is 0 Å². The van der Waals surface area contributed by atoms with Gasteiger partial charge in [-0.1, -0.05) is 41.0 Å². The van der Waals surface area contributed by atoms with Gasteiger partial charge >= 0.3 is 7.80 Å². The summed E-state index contributed by atoms with van der Waals surface area (Å²) < 4.78 is 12.1. The molecule has 1 atom stereocenters. The zero-order valence-corrected chi connectivity index (χ0v) is 10.00. The Kier molecular flexibility index (Phi) is 2.15. The quantitative estimate of drug-likeness (QED) is 0.628. The van der Waals surface area contributed by atoms with Gasteiger partial charge in [0.05, 0.1) is 0 Å². The Balaban J connectivity index is 2.39. The molecule has 1 aliphatic heterocycles. The predicted octanol–water partition coefficient (Wildman–Crippen LogP) is 3.63. The molecule has 3 rings (SSSR count). The molecular formula is C14H12OP+. The first-order valence-electron chi connectivity index (χ1n) is 5.40. The van der Waals surface area contributed by atoms with Crippen molar-refractivity contribution in [2.24, 2.45) is 0 Å². The minimum absolute atomic E-state index is 0.682. The van der Waals surface area contributed by atoms with Crippen molar-refractivity contribution in [3.63, 3.8) is 0 Å². The summed E-state index contributed by atoms with van der Waals surface area (Å²) in [6, 6.07) is 14.4. The average molecular weight is 227 g/mol. The average Bonchev–Trinajstić information content (AvgIpc) is 2.30. The van der Waals surface area contributed by atoms with Gasteiger partial charge in [0.2, 0.25) is 0 Å². The molecule has 0 spiro atoms. The molecular weight excluding hydrogens is 215 g/mol. The zero-order valence-electron chi connectivity index (χ0n) is 9.10. The van der Waals surface area contributed by atoms with E-state index < -0.39 is 7.80 Å². The largest absolute Gasteiger partial charge is 0.382 e. The molecule has 0 fully saturated rings. The zero-order chi connectivity index (χ0) is 11.1. The standard InChI is InChI=1S/C14H12OP/c1-10-5-4-8-13-14(10)12-7-3-2-6-11(12)9-16(13)15/h2-8H,9H2,1H3/q+1. The first kappa shape index (κ1) is 9.74. The van der Waals surface area contributed by atoms with Gasteiger partial charge in [-0.3, -0.25) is 0 Å². The van der Waals surface area contributed by atoms with Crippen molar-refractivity contribution in [2.75, 3.05) is 0 Å². The molecule has 1 heterocycles. The Labute approximate surface area is 95.9 Å². The number of hydrogen-bond donors (Lipinski definition) is 0. The molecule has 1 aliphatic rings. The molecule has 0 amide bonds. The number of benzene rings is 2. The predicted molar refractivity (Wildman–Crippen MR) is 67.6 cm³/mol. The molecule has 1 unspecified atom stereocenters. The number of hydrogen-bond acceptors (Lipinski definition) is 1. The van der Waals surface area contributed by atoms with Gasteiger partial charge in [-0.2, -0.15) is 0 Å². The van der Waals surface area contributed by atoms with Crippen LogP contribution in [0.2, 0.25) is 0 Å². The second-order valence-electron chi connectivity index (χ2n) is 4.16. The van der Waals surface area contributed by atoms with Crippen LogP contribution in [0.25, 0.3) is 11.1 Å². The van der Waals surface area contributed by atoms with Crippen molar-refractivity contribution in [1.29, 1.82) is 0 Å². The maximum absolute atomic E-state index is 12.1. The molecule has 2 aromatic rings. The van der Waals surface area contributed by atoms with Crippen LogP contribution < -0.4 is 5.30 Å². The van der Waals surface area contributed by atoms with Crippen molar-refractivity contribution in [3.8, 4) is 11.1 Å². The van der Waals surface area contributed by atoms with E-state index in [9.17, 15) is 4.57 Å². The summed E-state index contributed by atoms with van der Waals surface area (Å²) in [6.45, 7) is 2.09. The van der Waals surface area contributed by atoms with Crippen molar-refractivity contribution < 1.29 is 4.57 Å². The molecule has 2 heteroatoms. The summed E-state index contributed by atoms with van der Waals surface area (Å²) in [5.74, 6) is 0. The topological polar surface area (TPSA) is 17.1 Å². The fourth-order valence-electron chi connectivity index (χ4n) is 2.35. The first-order chi connectivity index (χ1) is 7.77. The monoisotopic (exact) mass is 227 g/mol. The van der Waals surface area contributed by atoms with Gasteiger partial charge in [-0.25, -0.2) is 0 Å². The summed E-state index contributed by atoms with van der Waals surface area (Å²) in [7, 11) is -1.26. The number of rotatable bonds is 0. The maximum Gasteiger partial charge on any atom is 0.382 e. The van der Waals surface area contributed by atoms with E-state index in [0.717, 1.165) is 5.30 Å². The fourth-order valence-corrected chi connectivity index (χ4v) is 3.91. The van der Waals surface area contributed by atoms with E-state index in [0.29, 0.717) is 6.16 Å². The molecule has 0 radical (unpaired) electrons. The highest BCUT2D eigenvalue weighted by Crippen LogP contribution is 2.41. The van der Waals surface area contributed by atoms with Crippen LogP contribution in [0.4, 0.5) is 0 Å². The smallest absolute Gasteiger partial charge is 0.0677 e. The van der Waals surface area contributed by atoms with Crippen LogP contribution in [0.1, 0.15) is 11.1 Å². The lowest BCUT2D eigenvalue weighted by atomic mass is 9.96. The van der Waals surface area contributed by atoms with Gasteiger partial charge in [0.1, 0.15) is 0 Å². The Hall–Kier alpha value is -1.46. The normalized spacial score (nSPS) is 15.4. The third-order valence-electron chi connectivity index (χ3n) is 3.12. The minimum atomic E-state index is -1.26. The van der Waals surface area contributed by atoms with E-state index in [1.807, 2.05) is 24.3 Å². The molecule has 0 aliphatic carbocycles. The molecule has 0 saturated carbocycles. The Morgan fingerprint density at radius 3 is 2.75 bits per heavy atom. The molecule has 2 aromatic carbocycles. The molecule has 0 saturated heterocycles. The molecule has 78 valence electrons.